The molecular weight excluding hydrogens is 332 g/mol. The molecule has 1 aromatic carbocycles. The number of benzene rings is 1. The molecule has 1 unspecified atom stereocenters. The van der Waals surface area contributed by atoms with E-state index in [1.807, 2.05) is 0 Å². The Labute approximate surface area is 157 Å². The van der Waals surface area contributed by atoms with Gasteiger partial charge in [-0.15, -0.1) is 12.4 Å². The van der Waals surface area contributed by atoms with Gasteiger partial charge >= 0.3 is 0 Å². The summed E-state index contributed by atoms with van der Waals surface area (Å²) in [6.45, 7) is 13.6. The Morgan fingerprint density at radius 3 is 2.40 bits per heavy atom. The molecular formula is C20H31ClN4. The minimum atomic E-state index is 0. The van der Waals surface area contributed by atoms with Crippen LogP contribution in [0.15, 0.2) is 24.3 Å². The minimum absolute atomic E-state index is 0. The largest absolute Gasteiger partial charge is 0.330 e. The van der Waals surface area contributed by atoms with Gasteiger partial charge in [0.2, 0.25) is 0 Å². The van der Waals surface area contributed by atoms with Crippen LogP contribution in [0.1, 0.15) is 41.4 Å². The summed E-state index contributed by atoms with van der Waals surface area (Å²) in [5.74, 6) is 0. The van der Waals surface area contributed by atoms with Crippen LogP contribution < -0.4 is 5.73 Å². The number of aryl methyl sites for hydroxylation is 2. The van der Waals surface area contributed by atoms with E-state index in [1.54, 1.807) is 0 Å². The van der Waals surface area contributed by atoms with Crippen molar-refractivity contribution in [2.75, 3.05) is 19.6 Å². The molecule has 3 rings (SSSR count). The Bertz CT molecular complexity index is 707. The van der Waals surface area contributed by atoms with Gasteiger partial charge in [-0.2, -0.15) is 5.10 Å². The van der Waals surface area contributed by atoms with Crippen molar-refractivity contribution in [1.82, 2.24) is 14.7 Å². The average molecular weight is 363 g/mol. The summed E-state index contributed by atoms with van der Waals surface area (Å²) < 4.78 is 2.15. The van der Waals surface area contributed by atoms with Crippen LogP contribution in [0.5, 0.6) is 0 Å². The fourth-order valence-corrected chi connectivity index (χ4v) is 3.63. The van der Waals surface area contributed by atoms with Crippen molar-refractivity contribution >= 4 is 12.4 Å². The number of likely N-dealkylation sites (tertiary alicyclic amines) is 1. The molecule has 1 atom stereocenters. The summed E-state index contributed by atoms with van der Waals surface area (Å²) in [5, 5.41) is 4.79. The second kappa shape index (κ2) is 7.90. The minimum Gasteiger partial charge on any atom is -0.330 e. The first kappa shape index (κ1) is 20.0. The fourth-order valence-electron chi connectivity index (χ4n) is 3.63. The molecule has 0 bridgehead atoms. The number of nitrogens with zero attached hydrogens (tertiary/aromatic N) is 3. The molecule has 0 amide bonds. The third-order valence-electron chi connectivity index (χ3n) is 5.50. The van der Waals surface area contributed by atoms with Crippen molar-refractivity contribution in [1.29, 1.82) is 0 Å². The van der Waals surface area contributed by atoms with Crippen molar-refractivity contribution in [3.05, 3.63) is 52.3 Å². The molecule has 0 saturated carbocycles. The third kappa shape index (κ3) is 4.43. The molecule has 138 valence electrons. The summed E-state index contributed by atoms with van der Waals surface area (Å²) in [4.78, 5) is 2.53. The zero-order chi connectivity index (χ0) is 17.3. The fraction of sp³-hybridized carbons (Fsp3) is 0.550. The molecule has 1 aromatic heterocycles. The Balaban J connectivity index is 0.00000225. The van der Waals surface area contributed by atoms with E-state index in [1.165, 1.54) is 28.8 Å². The first-order chi connectivity index (χ1) is 11.4. The van der Waals surface area contributed by atoms with Crippen LogP contribution in [-0.2, 0) is 13.1 Å². The van der Waals surface area contributed by atoms with E-state index in [2.05, 4.69) is 61.5 Å². The van der Waals surface area contributed by atoms with Crippen LogP contribution in [0.2, 0.25) is 0 Å². The molecule has 1 aliphatic heterocycles. The van der Waals surface area contributed by atoms with Gasteiger partial charge in [0, 0.05) is 24.3 Å². The maximum Gasteiger partial charge on any atom is 0.0662 e. The number of nitrogens with two attached hydrogens (primary N) is 1. The van der Waals surface area contributed by atoms with Gasteiger partial charge in [-0.05, 0) is 51.3 Å². The lowest BCUT2D eigenvalue weighted by atomic mass is 9.90. The van der Waals surface area contributed by atoms with Crippen LogP contribution >= 0.6 is 12.4 Å². The van der Waals surface area contributed by atoms with E-state index in [0.29, 0.717) is 0 Å². The molecule has 4 nitrogen and oxygen atoms in total. The SMILES string of the molecule is Cc1ccc(Cn2nc(C)c(CN3CCC(C)(CN)C3)c2C)cc1.Cl. The van der Waals surface area contributed by atoms with Crippen molar-refractivity contribution < 1.29 is 0 Å². The lowest BCUT2D eigenvalue weighted by Crippen LogP contribution is -2.31. The molecule has 1 fully saturated rings. The number of hydrogen-bond acceptors (Lipinski definition) is 3. The first-order valence-corrected chi connectivity index (χ1v) is 8.91. The zero-order valence-electron chi connectivity index (χ0n) is 15.9. The van der Waals surface area contributed by atoms with Gasteiger partial charge in [-0.1, -0.05) is 36.8 Å². The van der Waals surface area contributed by atoms with Crippen molar-refractivity contribution in [2.45, 2.75) is 47.2 Å². The van der Waals surface area contributed by atoms with E-state index in [0.717, 1.165) is 38.4 Å². The lowest BCUT2D eigenvalue weighted by Gasteiger charge is -2.22. The average Bonchev–Trinajstić information content (AvgIpc) is 3.06. The predicted molar refractivity (Wildman–Crippen MR) is 106 cm³/mol. The molecule has 0 aliphatic carbocycles. The van der Waals surface area contributed by atoms with Gasteiger partial charge in [-0.3, -0.25) is 9.58 Å². The summed E-state index contributed by atoms with van der Waals surface area (Å²) in [5.41, 5.74) is 12.6. The second-order valence-electron chi connectivity index (χ2n) is 7.77. The highest BCUT2D eigenvalue weighted by Crippen LogP contribution is 2.30. The summed E-state index contributed by atoms with van der Waals surface area (Å²) >= 11 is 0. The first-order valence-electron chi connectivity index (χ1n) is 8.91. The molecule has 5 heteroatoms. The molecule has 25 heavy (non-hydrogen) atoms. The van der Waals surface area contributed by atoms with Gasteiger partial charge in [0.05, 0.1) is 12.2 Å². The zero-order valence-corrected chi connectivity index (χ0v) is 16.7. The highest BCUT2D eigenvalue weighted by Gasteiger charge is 2.33. The molecule has 1 saturated heterocycles. The number of aromatic nitrogens is 2. The molecule has 0 radical (unpaired) electrons. The highest BCUT2D eigenvalue weighted by molar-refractivity contribution is 5.85. The van der Waals surface area contributed by atoms with Gasteiger partial charge < -0.3 is 5.73 Å². The van der Waals surface area contributed by atoms with Crippen LogP contribution in [0.4, 0.5) is 0 Å². The van der Waals surface area contributed by atoms with Crippen LogP contribution in [0.3, 0.4) is 0 Å². The van der Waals surface area contributed by atoms with Crippen molar-refractivity contribution in [3.63, 3.8) is 0 Å². The third-order valence-corrected chi connectivity index (χ3v) is 5.50. The summed E-state index contributed by atoms with van der Waals surface area (Å²) in [7, 11) is 0. The highest BCUT2D eigenvalue weighted by atomic mass is 35.5. The van der Waals surface area contributed by atoms with E-state index in [9.17, 15) is 0 Å². The second-order valence-corrected chi connectivity index (χ2v) is 7.77. The Morgan fingerprint density at radius 1 is 1.12 bits per heavy atom. The number of halogens is 1. The number of hydrogen-bond donors (Lipinski definition) is 1. The van der Waals surface area contributed by atoms with Gasteiger partial charge in [0.25, 0.3) is 0 Å². The van der Waals surface area contributed by atoms with E-state index in [4.69, 9.17) is 10.8 Å². The monoisotopic (exact) mass is 362 g/mol. The molecule has 2 aromatic rings. The van der Waals surface area contributed by atoms with Crippen molar-refractivity contribution in [3.8, 4) is 0 Å². The molecule has 2 heterocycles. The van der Waals surface area contributed by atoms with Gasteiger partial charge in [0.15, 0.2) is 0 Å². The Hall–Kier alpha value is -1.36. The maximum atomic E-state index is 5.94. The van der Waals surface area contributed by atoms with E-state index >= 15 is 0 Å². The maximum absolute atomic E-state index is 5.94. The normalized spacial score (nSPS) is 20.7. The predicted octanol–water partition coefficient (Wildman–Crippen LogP) is 3.45. The van der Waals surface area contributed by atoms with Crippen LogP contribution in [0.25, 0.3) is 0 Å². The Kier molecular flexibility index (Phi) is 6.30. The number of rotatable bonds is 5. The molecule has 0 spiro atoms. The van der Waals surface area contributed by atoms with Crippen LogP contribution in [0, 0.1) is 26.2 Å². The lowest BCUT2D eigenvalue weighted by molar-refractivity contribution is 0.273. The smallest absolute Gasteiger partial charge is 0.0662 e. The van der Waals surface area contributed by atoms with E-state index < -0.39 is 0 Å². The Morgan fingerprint density at radius 2 is 1.80 bits per heavy atom. The van der Waals surface area contributed by atoms with Crippen molar-refractivity contribution in [2.24, 2.45) is 11.1 Å². The standard InChI is InChI=1S/C20H30N4.ClH/c1-15-5-7-18(8-6-15)11-24-17(3)19(16(2)22-24)12-23-10-9-20(4,13-21)14-23;/h5-8H,9-14,21H2,1-4H3;1H. The summed E-state index contributed by atoms with van der Waals surface area (Å²) in [6.07, 6.45) is 1.19. The summed E-state index contributed by atoms with van der Waals surface area (Å²) in [6, 6.07) is 8.72. The topological polar surface area (TPSA) is 47.1 Å². The quantitative estimate of drug-likeness (QED) is 0.886. The van der Waals surface area contributed by atoms with Gasteiger partial charge in [-0.25, -0.2) is 0 Å². The molecule has 1 aliphatic rings. The van der Waals surface area contributed by atoms with Gasteiger partial charge in [0.1, 0.15) is 0 Å². The molecule has 2 N–H and O–H groups in total. The van der Waals surface area contributed by atoms with Crippen LogP contribution in [-0.4, -0.2) is 34.3 Å². The van der Waals surface area contributed by atoms with E-state index in [-0.39, 0.29) is 17.8 Å².